The number of nitrogens with two attached hydrogens (primary N) is 2. The molecule has 218 valence electrons. The van der Waals surface area contributed by atoms with Gasteiger partial charge >= 0.3 is 5.97 Å². The molecule has 0 aliphatic heterocycles. The Bertz CT molecular complexity index is 1380. The first-order valence-corrected chi connectivity index (χ1v) is 13.6. The van der Waals surface area contributed by atoms with E-state index in [4.69, 9.17) is 11.5 Å². The summed E-state index contributed by atoms with van der Waals surface area (Å²) in [5.41, 5.74) is 13.2. The predicted octanol–water partition coefficient (Wildman–Crippen LogP) is 0.0147. The molecule has 0 aliphatic carbocycles. The highest BCUT2D eigenvalue weighted by Gasteiger charge is 2.31. The van der Waals surface area contributed by atoms with Crippen LogP contribution in [0.3, 0.4) is 0 Å². The van der Waals surface area contributed by atoms with Gasteiger partial charge < -0.3 is 37.5 Å². The first-order valence-electron chi connectivity index (χ1n) is 13.0. The lowest BCUT2D eigenvalue weighted by Gasteiger charge is -2.25. The molecule has 0 saturated carbocycles. The lowest BCUT2D eigenvalue weighted by atomic mass is 10.0. The van der Waals surface area contributed by atoms with Crippen molar-refractivity contribution in [3.8, 4) is 0 Å². The maximum atomic E-state index is 13.5. The van der Waals surface area contributed by atoms with E-state index in [0.29, 0.717) is 11.1 Å². The molecule has 0 aliphatic rings. The highest BCUT2D eigenvalue weighted by atomic mass is 32.1. The summed E-state index contributed by atoms with van der Waals surface area (Å²) in [4.78, 5) is 65.9. The SMILES string of the molecule is NC(=O)CCC(NC(=O)C(N)CS)C(=O)NC(Cc1c[nH]c2ccccc12)C(=O)NC(Cc1ccccc1)C(=O)O. The predicted molar refractivity (Wildman–Crippen MR) is 156 cm³/mol. The number of carboxylic acid groups (broad SMARTS) is 1. The van der Waals surface area contributed by atoms with Gasteiger partial charge in [0.05, 0.1) is 6.04 Å². The van der Waals surface area contributed by atoms with Crippen LogP contribution in [0.1, 0.15) is 24.0 Å². The van der Waals surface area contributed by atoms with Crippen molar-refractivity contribution in [3.63, 3.8) is 0 Å². The number of carbonyl (C=O) groups is 5. The van der Waals surface area contributed by atoms with E-state index in [1.54, 1.807) is 36.5 Å². The topological polar surface area (TPSA) is 209 Å². The summed E-state index contributed by atoms with van der Waals surface area (Å²) in [6.07, 6.45) is 1.37. The summed E-state index contributed by atoms with van der Waals surface area (Å²) >= 11 is 3.99. The van der Waals surface area contributed by atoms with Crippen LogP contribution < -0.4 is 27.4 Å². The van der Waals surface area contributed by atoms with E-state index in [2.05, 4.69) is 33.6 Å². The largest absolute Gasteiger partial charge is 0.480 e. The van der Waals surface area contributed by atoms with Crippen molar-refractivity contribution >= 4 is 53.1 Å². The normalized spacial score (nSPS) is 13.9. The van der Waals surface area contributed by atoms with Crippen LogP contribution in [0.2, 0.25) is 0 Å². The number of aliphatic carboxylic acids is 1. The van der Waals surface area contributed by atoms with Gasteiger partial charge in [0.1, 0.15) is 18.1 Å². The Kier molecular flexibility index (Phi) is 11.3. The van der Waals surface area contributed by atoms with Gasteiger partial charge in [-0.3, -0.25) is 19.2 Å². The van der Waals surface area contributed by atoms with Crippen LogP contribution in [0.4, 0.5) is 0 Å². The molecule has 9 N–H and O–H groups in total. The van der Waals surface area contributed by atoms with Gasteiger partial charge in [0.25, 0.3) is 0 Å². The molecule has 4 atom stereocenters. The number of aromatic nitrogens is 1. The number of hydrogen-bond donors (Lipinski definition) is 8. The molecule has 3 rings (SSSR count). The highest BCUT2D eigenvalue weighted by Crippen LogP contribution is 2.19. The minimum absolute atomic E-state index is 0.00586. The van der Waals surface area contributed by atoms with Crippen LogP contribution in [0, 0.1) is 0 Å². The number of rotatable bonds is 15. The molecule has 4 unspecified atom stereocenters. The maximum Gasteiger partial charge on any atom is 0.326 e. The number of carboxylic acids is 1. The zero-order valence-corrected chi connectivity index (χ0v) is 23.1. The third-order valence-electron chi connectivity index (χ3n) is 6.48. The zero-order chi connectivity index (χ0) is 29.9. The van der Waals surface area contributed by atoms with Crippen molar-refractivity contribution in [1.82, 2.24) is 20.9 Å². The monoisotopic (exact) mass is 582 g/mol. The van der Waals surface area contributed by atoms with Gasteiger partial charge in [-0.25, -0.2) is 4.79 Å². The average Bonchev–Trinajstić information content (AvgIpc) is 3.36. The van der Waals surface area contributed by atoms with Crippen LogP contribution >= 0.6 is 12.6 Å². The first kappa shape index (κ1) is 31.2. The van der Waals surface area contributed by atoms with E-state index in [1.165, 1.54) is 0 Å². The number of benzene rings is 2. The number of thiol groups is 1. The van der Waals surface area contributed by atoms with Gasteiger partial charge in [0.15, 0.2) is 0 Å². The second kappa shape index (κ2) is 14.9. The molecule has 2 aromatic carbocycles. The maximum absolute atomic E-state index is 13.5. The summed E-state index contributed by atoms with van der Waals surface area (Å²) in [5, 5.41) is 18.3. The standard InChI is InChI=1S/C28H34N6O6S/c29-19(15-41)25(36)32-21(10-11-24(30)35)26(37)33-22(13-17-14-31-20-9-5-4-8-18(17)20)27(38)34-23(28(39)40)12-16-6-2-1-3-7-16/h1-9,14,19,21-23,31,41H,10-13,15,29H2,(H2,30,35)(H,32,36)(H,33,37)(H,34,38)(H,39,40). The van der Waals surface area contributed by atoms with Crippen molar-refractivity contribution in [1.29, 1.82) is 0 Å². The Morgan fingerprint density at radius 2 is 1.44 bits per heavy atom. The van der Waals surface area contributed by atoms with Crippen LogP contribution in [0.15, 0.2) is 60.8 Å². The molecular formula is C28H34N6O6S. The Balaban J connectivity index is 1.87. The van der Waals surface area contributed by atoms with E-state index in [9.17, 15) is 29.1 Å². The zero-order valence-electron chi connectivity index (χ0n) is 22.2. The summed E-state index contributed by atoms with van der Waals surface area (Å²) in [6.45, 7) is 0. The number of aromatic amines is 1. The Morgan fingerprint density at radius 1 is 0.829 bits per heavy atom. The number of nitrogens with one attached hydrogen (secondary N) is 4. The van der Waals surface area contributed by atoms with Gasteiger partial charge in [0, 0.05) is 42.1 Å². The average molecular weight is 583 g/mol. The molecule has 1 heterocycles. The van der Waals surface area contributed by atoms with Gasteiger partial charge in [-0.15, -0.1) is 0 Å². The second-order valence-corrected chi connectivity index (χ2v) is 9.93. The van der Waals surface area contributed by atoms with E-state index < -0.39 is 53.8 Å². The van der Waals surface area contributed by atoms with Crippen molar-refractivity contribution in [3.05, 3.63) is 71.9 Å². The quantitative estimate of drug-likeness (QED) is 0.115. The summed E-state index contributed by atoms with van der Waals surface area (Å²) in [7, 11) is 0. The molecule has 41 heavy (non-hydrogen) atoms. The van der Waals surface area contributed by atoms with Gasteiger partial charge in [0.2, 0.25) is 23.6 Å². The van der Waals surface area contributed by atoms with Crippen molar-refractivity contribution in [2.75, 3.05) is 5.75 Å². The third-order valence-corrected chi connectivity index (χ3v) is 6.87. The van der Waals surface area contributed by atoms with E-state index >= 15 is 0 Å². The number of hydrogen-bond acceptors (Lipinski definition) is 7. The lowest BCUT2D eigenvalue weighted by molar-refractivity contribution is -0.142. The molecule has 0 bridgehead atoms. The summed E-state index contributed by atoms with van der Waals surface area (Å²) in [6, 6.07) is 11.4. The third kappa shape index (κ3) is 9.08. The number of fused-ring (bicyclic) bond motifs is 1. The van der Waals surface area contributed by atoms with E-state index in [0.717, 1.165) is 10.9 Å². The fourth-order valence-corrected chi connectivity index (χ4v) is 4.41. The molecular weight excluding hydrogens is 548 g/mol. The fraction of sp³-hybridized carbons (Fsp3) is 0.321. The van der Waals surface area contributed by atoms with Crippen molar-refractivity contribution < 1.29 is 29.1 Å². The second-order valence-electron chi connectivity index (χ2n) is 9.57. The molecule has 0 fully saturated rings. The minimum Gasteiger partial charge on any atom is -0.480 e. The van der Waals surface area contributed by atoms with E-state index in [-0.39, 0.29) is 31.4 Å². The number of amides is 4. The molecule has 3 aromatic rings. The van der Waals surface area contributed by atoms with Crippen LogP contribution in [-0.4, -0.2) is 69.6 Å². The van der Waals surface area contributed by atoms with Crippen molar-refractivity contribution in [2.24, 2.45) is 11.5 Å². The highest BCUT2D eigenvalue weighted by molar-refractivity contribution is 7.80. The number of H-pyrrole nitrogens is 1. The van der Waals surface area contributed by atoms with Crippen LogP contribution in [0.25, 0.3) is 10.9 Å². The van der Waals surface area contributed by atoms with Gasteiger partial charge in [-0.1, -0.05) is 48.5 Å². The van der Waals surface area contributed by atoms with Crippen LogP contribution in [-0.2, 0) is 36.8 Å². The summed E-state index contributed by atoms with van der Waals surface area (Å²) in [5.74, 6) is -4.09. The Morgan fingerprint density at radius 3 is 2.10 bits per heavy atom. The first-order chi connectivity index (χ1) is 19.6. The van der Waals surface area contributed by atoms with Gasteiger partial charge in [-0.05, 0) is 23.6 Å². The smallest absolute Gasteiger partial charge is 0.326 e. The van der Waals surface area contributed by atoms with Gasteiger partial charge in [-0.2, -0.15) is 12.6 Å². The Hall–Kier alpha value is -4.36. The molecule has 0 spiro atoms. The van der Waals surface area contributed by atoms with Crippen LogP contribution in [0.5, 0.6) is 0 Å². The summed E-state index contributed by atoms with van der Waals surface area (Å²) < 4.78 is 0. The molecule has 1 aromatic heterocycles. The molecule has 4 amide bonds. The Labute approximate surface area is 242 Å². The molecule has 12 nitrogen and oxygen atoms in total. The van der Waals surface area contributed by atoms with Crippen molar-refractivity contribution in [2.45, 2.75) is 49.9 Å². The number of carbonyl (C=O) groups excluding carboxylic acids is 4. The molecule has 13 heteroatoms. The molecule has 0 radical (unpaired) electrons. The number of para-hydroxylation sites is 1. The fourth-order valence-electron chi connectivity index (χ4n) is 4.24. The minimum atomic E-state index is -1.27. The molecule has 0 saturated heterocycles. The number of primary amides is 1. The lowest BCUT2D eigenvalue weighted by Crippen LogP contribution is -2.58. The van der Waals surface area contributed by atoms with E-state index in [1.807, 2.05) is 24.3 Å².